The Bertz CT molecular complexity index is 436. The van der Waals surface area contributed by atoms with Crippen molar-refractivity contribution in [1.82, 2.24) is 0 Å². The highest BCUT2D eigenvalue weighted by Gasteiger charge is 2.33. The number of carbonyl (C=O) groups excluding carboxylic acids is 1. The minimum absolute atomic E-state index is 0.157. The lowest BCUT2D eigenvalue weighted by molar-refractivity contribution is -0.139. The molecule has 0 aromatic heterocycles. The number of carbonyl (C=O) groups is 1. The van der Waals surface area contributed by atoms with Gasteiger partial charge in [-0.25, -0.2) is 0 Å². The number of benzene rings is 1. The molecule has 0 heterocycles. The summed E-state index contributed by atoms with van der Waals surface area (Å²) in [5.41, 5.74) is 6.98. The molecular formula is C16H23NO3. The predicted molar refractivity (Wildman–Crippen MR) is 77.6 cm³/mol. The molecule has 4 heteroatoms. The molecule has 0 amide bonds. The van der Waals surface area contributed by atoms with Crippen LogP contribution in [0.1, 0.15) is 31.2 Å². The van der Waals surface area contributed by atoms with Gasteiger partial charge >= 0.3 is 5.97 Å². The van der Waals surface area contributed by atoms with Gasteiger partial charge in [0.15, 0.2) is 0 Å². The lowest BCUT2D eigenvalue weighted by Crippen LogP contribution is -2.33. The maximum Gasteiger partial charge on any atom is 0.309 e. The lowest BCUT2D eigenvalue weighted by Gasteiger charge is -2.27. The van der Waals surface area contributed by atoms with Crippen molar-refractivity contribution in [1.29, 1.82) is 0 Å². The van der Waals surface area contributed by atoms with Gasteiger partial charge in [0, 0.05) is 12.0 Å². The van der Waals surface area contributed by atoms with Crippen LogP contribution in [0.3, 0.4) is 0 Å². The lowest BCUT2D eigenvalue weighted by atomic mass is 9.87. The van der Waals surface area contributed by atoms with E-state index in [1.54, 1.807) is 0 Å². The molecular weight excluding hydrogens is 254 g/mol. The topological polar surface area (TPSA) is 61.5 Å². The Labute approximate surface area is 120 Å². The Morgan fingerprint density at radius 2 is 1.90 bits per heavy atom. The summed E-state index contributed by atoms with van der Waals surface area (Å²) in [5, 5.41) is 0. The molecule has 0 aliphatic heterocycles. The van der Waals surface area contributed by atoms with Crippen molar-refractivity contribution < 1.29 is 14.3 Å². The first-order chi connectivity index (χ1) is 9.67. The first kappa shape index (κ1) is 14.9. The summed E-state index contributed by atoms with van der Waals surface area (Å²) >= 11 is 0. The zero-order chi connectivity index (χ0) is 14.4. The Balaban J connectivity index is 1.89. The molecule has 0 radical (unpaired) electrons. The SMILES string of the molecule is COC(=O)Cc1ccc(OCC2(CN)CCCC2)cc1. The van der Waals surface area contributed by atoms with Gasteiger partial charge in [-0.05, 0) is 30.5 Å². The second-order valence-corrected chi connectivity index (χ2v) is 5.60. The van der Waals surface area contributed by atoms with Gasteiger partial charge in [-0.2, -0.15) is 0 Å². The van der Waals surface area contributed by atoms with E-state index in [4.69, 9.17) is 10.5 Å². The number of rotatable bonds is 6. The van der Waals surface area contributed by atoms with Gasteiger partial charge in [-0.3, -0.25) is 4.79 Å². The van der Waals surface area contributed by atoms with Crippen LogP contribution in [0.5, 0.6) is 5.75 Å². The molecule has 0 bridgehead atoms. The van der Waals surface area contributed by atoms with E-state index in [-0.39, 0.29) is 11.4 Å². The van der Waals surface area contributed by atoms with E-state index in [1.807, 2.05) is 24.3 Å². The fourth-order valence-electron chi connectivity index (χ4n) is 2.71. The van der Waals surface area contributed by atoms with Crippen molar-refractivity contribution in [2.24, 2.45) is 11.1 Å². The molecule has 110 valence electrons. The second kappa shape index (κ2) is 6.75. The third-order valence-electron chi connectivity index (χ3n) is 4.14. The fourth-order valence-corrected chi connectivity index (χ4v) is 2.71. The first-order valence-corrected chi connectivity index (χ1v) is 7.16. The quantitative estimate of drug-likeness (QED) is 0.810. The highest BCUT2D eigenvalue weighted by Crippen LogP contribution is 2.37. The molecule has 2 N–H and O–H groups in total. The number of ether oxygens (including phenoxy) is 2. The van der Waals surface area contributed by atoms with Crippen LogP contribution in [0.2, 0.25) is 0 Å². The molecule has 1 saturated carbocycles. The van der Waals surface area contributed by atoms with Crippen LogP contribution in [0.25, 0.3) is 0 Å². The summed E-state index contributed by atoms with van der Waals surface area (Å²) in [5.74, 6) is 0.602. The summed E-state index contributed by atoms with van der Waals surface area (Å²) in [6.07, 6.45) is 5.11. The number of methoxy groups -OCH3 is 1. The van der Waals surface area contributed by atoms with Crippen LogP contribution >= 0.6 is 0 Å². The van der Waals surface area contributed by atoms with Gasteiger partial charge < -0.3 is 15.2 Å². The summed E-state index contributed by atoms with van der Waals surface area (Å²) < 4.78 is 10.5. The molecule has 0 unspecified atom stereocenters. The Morgan fingerprint density at radius 3 is 2.45 bits per heavy atom. The Kier molecular flexibility index (Phi) is 5.01. The minimum atomic E-state index is -0.230. The molecule has 1 aromatic rings. The molecule has 0 spiro atoms. The van der Waals surface area contributed by atoms with Gasteiger partial charge in [-0.1, -0.05) is 25.0 Å². The molecule has 1 aliphatic carbocycles. The van der Waals surface area contributed by atoms with Crippen molar-refractivity contribution in [2.75, 3.05) is 20.3 Å². The molecule has 0 atom stereocenters. The number of esters is 1. The Morgan fingerprint density at radius 1 is 1.25 bits per heavy atom. The predicted octanol–water partition coefficient (Wildman–Crippen LogP) is 2.30. The molecule has 1 aliphatic rings. The summed E-state index contributed by atoms with van der Waals surface area (Å²) in [4.78, 5) is 11.2. The zero-order valence-corrected chi connectivity index (χ0v) is 12.1. The maximum atomic E-state index is 11.2. The molecule has 20 heavy (non-hydrogen) atoms. The van der Waals surface area contributed by atoms with Crippen molar-refractivity contribution >= 4 is 5.97 Å². The second-order valence-electron chi connectivity index (χ2n) is 5.60. The molecule has 1 aromatic carbocycles. The van der Waals surface area contributed by atoms with E-state index in [0.29, 0.717) is 19.6 Å². The smallest absolute Gasteiger partial charge is 0.309 e. The molecule has 1 fully saturated rings. The number of hydrogen-bond acceptors (Lipinski definition) is 4. The first-order valence-electron chi connectivity index (χ1n) is 7.16. The van der Waals surface area contributed by atoms with Gasteiger partial charge in [0.2, 0.25) is 0 Å². The van der Waals surface area contributed by atoms with E-state index >= 15 is 0 Å². The highest BCUT2D eigenvalue weighted by molar-refractivity contribution is 5.72. The average molecular weight is 277 g/mol. The van der Waals surface area contributed by atoms with Crippen LogP contribution in [-0.2, 0) is 16.0 Å². The van der Waals surface area contributed by atoms with E-state index in [9.17, 15) is 4.79 Å². The van der Waals surface area contributed by atoms with Crippen molar-refractivity contribution in [3.8, 4) is 5.75 Å². The van der Waals surface area contributed by atoms with E-state index in [1.165, 1.54) is 20.0 Å². The van der Waals surface area contributed by atoms with Crippen molar-refractivity contribution in [3.05, 3.63) is 29.8 Å². The zero-order valence-electron chi connectivity index (χ0n) is 12.1. The largest absolute Gasteiger partial charge is 0.493 e. The van der Waals surface area contributed by atoms with Crippen LogP contribution in [0, 0.1) is 5.41 Å². The summed E-state index contributed by atoms with van der Waals surface area (Å²) in [6.45, 7) is 1.37. The van der Waals surface area contributed by atoms with Crippen LogP contribution < -0.4 is 10.5 Å². The van der Waals surface area contributed by atoms with E-state index in [2.05, 4.69) is 4.74 Å². The van der Waals surface area contributed by atoms with Crippen LogP contribution in [0.15, 0.2) is 24.3 Å². The third kappa shape index (κ3) is 3.73. The Hall–Kier alpha value is -1.55. The average Bonchev–Trinajstić information content (AvgIpc) is 2.96. The number of nitrogens with two attached hydrogens (primary N) is 1. The number of hydrogen-bond donors (Lipinski definition) is 1. The maximum absolute atomic E-state index is 11.2. The molecule has 2 rings (SSSR count). The third-order valence-corrected chi connectivity index (χ3v) is 4.14. The standard InChI is InChI=1S/C16H23NO3/c1-19-15(18)10-13-4-6-14(7-5-13)20-12-16(11-17)8-2-3-9-16/h4-7H,2-3,8-12,17H2,1H3. The van der Waals surface area contributed by atoms with Crippen molar-refractivity contribution in [2.45, 2.75) is 32.1 Å². The van der Waals surface area contributed by atoms with Gasteiger partial charge in [0.1, 0.15) is 5.75 Å². The summed E-state index contributed by atoms with van der Waals surface area (Å²) in [6, 6.07) is 7.60. The van der Waals surface area contributed by atoms with Crippen LogP contribution in [-0.4, -0.2) is 26.2 Å². The van der Waals surface area contributed by atoms with Gasteiger partial charge in [0.05, 0.1) is 20.1 Å². The highest BCUT2D eigenvalue weighted by atomic mass is 16.5. The van der Waals surface area contributed by atoms with Crippen molar-refractivity contribution in [3.63, 3.8) is 0 Å². The summed E-state index contributed by atoms with van der Waals surface area (Å²) in [7, 11) is 1.40. The minimum Gasteiger partial charge on any atom is -0.493 e. The van der Waals surface area contributed by atoms with Gasteiger partial charge in [0.25, 0.3) is 0 Å². The van der Waals surface area contributed by atoms with E-state index < -0.39 is 0 Å². The van der Waals surface area contributed by atoms with E-state index in [0.717, 1.165) is 24.2 Å². The van der Waals surface area contributed by atoms with Crippen LogP contribution in [0.4, 0.5) is 0 Å². The van der Waals surface area contributed by atoms with Gasteiger partial charge in [-0.15, -0.1) is 0 Å². The normalized spacial score (nSPS) is 16.9. The monoisotopic (exact) mass is 277 g/mol. The fraction of sp³-hybridized carbons (Fsp3) is 0.562. The molecule has 4 nitrogen and oxygen atoms in total. The molecule has 0 saturated heterocycles.